The fourth-order valence-electron chi connectivity index (χ4n) is 1.84. The third kappa shape index (κ3) is 4.12. The molecule has 1 aromatic heterocycles. The Balaban J connectivity index is 1.69. The molecule has 3 aromatic rings. The van der Waals surface area contributed by atoms with Gasteiger partial charge < -0.3 is 5.73 Å². The Kier molecular flexibility index (Phi) is 4.42. The summed E-state index contributed by atoms with van der Waals surface area (Å²) in [6, 6.07) is 10.5. The van der Waals surface area contributed by atoms with Crippen LogP contribution in [0.5, 0.6) is 0 Å². The average molecular weight is 369 g/mol. The molecule has 0 bridgehead atoms. The molecule has 3 rings (SSSR count). The lowest BCUT2D eigenvalue weighted by Crippen LogP contribution is -2.14. The van der Waals surface area contributed by atoms with Gasteiger partial charge in [-0.3, -0.25) is 4.72 Å². The molecule has 0 unspecified atom stereocenters. The summed E-state index contributed by atoms with van der Waals surface area (Å²) in [7, 11) is -3.56. The highest BCUT2D eigenvalue weighted by atomic mass is 32.3. The zero-order chi connectivity index (χ0) is 16.4. The molecule has 9 heteroatoms. The van der Waals surface area contributed by atoms with Gasteiger partial charge in [0, 0.05) is 11.4 Å². The Labute approximate surface area is 140 Å². The van der Waals surface area contributed by atoms with Gasteiger partial charge in [0.15, 0.2) is 4.34 Å². The molecule has 0 aliphatic rings. The maximum Gasteiger partial charge on any atom is 0.242 e. The maximum absolute atomic E-state index is 12.8. The first-order valence-corrected chi connectivity index (χ1v) is 9.92. The number of rotatable bonds is 5. The van der Waals surface area contributed by atoms with Gasteiger partial charge >= 0.3 is 0 Å². The number of benzene rings is 2. The van der Waals surface area contributed by atoms with Crippen LogP contribution in [0.3, 0.4) is 0 Å². The molecule has 3 N–H and O–H groups in total. The van der Waals surface area contributed by atoms with Crippen LogP contribution < -0.4 is 10.5 Å². The van der Waals surface area contributed by atoms with Crippen molar-refractivity contribution in [2.75, 3.05) is 15.5 Å². The van der Waals surface area contributed by atoms with Gasteiger partial charge in [-0.1, -0.05) is 11.8 Å². The number of thioether (sulfide) groups is 1. The molecule has 5 nitrogen and oxygen atoms in total. The van der Waals surface area contributed by atoms with Crippen LogP contribution in [0.1, 0.15) is 0 Å². The van der Waals surface area contributed by atoms with Gasteiger partial charge in [0.25, 0.3) is 0 Å². The van der Waals surface area contributed by atoms with Crippen molar-refractivity contribution in [1.82, 2.24) is 4.98 Å². The van der Waals surface area contributed by atoms with E-state index in [1.807, 2.05) is 6.07 Å². The summed E-state index contributed by atoms with van der Waals surface area (Å²) in [4.78, 5) is 4.36. The van der Waals surface area contributed by atoms with Gasteiger partial charge in [-0.15, -0.1) is 11.3 Å². The third-order valence-corrected chi connectivity index (χ3v) is 6.86. The molecule has 0 aliphatic carbocycles. The maximum atomic E-state index is 12.8. The van der Waals surface area contributed by atoms with E-state index in [1.165, 1.54) is 35.6 Å². The molecule has 23 heavy (non-hydrogen) atoms. The zero-order valence-electron chi connectivity index (χ0n) is 11.7. The Hall–Kier alpha value is -1.84. The van der Waals surface area contributed by atoms with Crippen molar-refractivity contribution in [2.24, 2.45) is 0 Å². The smallest absolute Gasteiger partial charge is 0.242 e. The lowest BCUT2D eigenvalue weighted by Gasteiger charge is -2.06. The van der Waals surface area contributed by atoms with Crippen LogP contribution in [0.15, 0.2) is 46.8 Å². The monoisotopic (exact) mass is 369 g/mol. The molecular formula is C14H12FN3O2S3. The van der Waals surface area contributed by atoms with Gasteiger partial charge in [0.1, 0.15) is 10.9 Å². The highest BCUT2D eigenvalue weighted by Gasteiger charge is 2.14. The summed E-state index contributed by atoms with van der Waals surface area (Å²) < 4.78 is 40.9. The minimum atomic E-state index is -3.56. The van der Waals surface area contributed by atoms with Crippen LogP contribution in [0.25, 0.3) is 10.2 Å². The molecule has 0 saturated carbocycles. The standard InChI is InChI=1S/C14H12FN3O2S3/c15-9-1-4-11(5-2-9)18-23(19,20)8-21-14-17-12-6-3-10(16)7-13(12)22-14/h1-7,18H,8,16H2. The normalized spacial score (nSPS) is 11.7. The summed E-state index contributed by atoms with van der Waals surface area (Å²) in [6.07, 6.45) is 0. The number of nitrogens with two attached hydrogens (primary N) is 1. The lowest BCUT2D eigenvalue weighted by atomic mass is 10.3. The number of sulfonamides is 1. The van der Waals surface area contributed by atoms with Crippen LogP contribution >= 0.6 is 23.1 Å². The largest absolute Gasteiger partial charge is 0.399 e. The number of nitrogen functional groups attached to an aromatic ring is 1. The van der Waals surface area contributed by atoms with Crippen molar-refractivity contribution in [3.8, 4) is 0 Å². The first kappa shape index (κ1) is 16.0. The number of fused-ring (bicyclic) bond motifs is 1. The molecule has 1 heterocycles. The second-order valence-corrected chi connectivity index (χ2v) is 9.03. The predicted octanol–water partition coefficient (Wildman–Crippen LogP) is 3.51. The van der Waals surface area contributed by atoms with Crippen molar-refractivity contribution in [1.29, 1.82) is 0 Å². The van der Waals surface area contributed by atoms with Crippen molar-refractivity contribution in [3.05, 3.63) is 48.3 Å². The van der Waals surface area contributed by atoms with Crippen molar-refractivity contribution >= 4 is 54.7 Å². The average Bonchev–Trinajstić information content (AvgIpc) is 2.89. The van der Waals surface area contributed by atoms with Crippen molar-refractivity contribution in [3.63, 3.8) is 0 Å². The number of nitrogens with zero attached hydrogens (tertiary/aromatic N) is 1. The molecule has 0 saturated heterocycles. The molecule has 0 atom stereocenters. The predicted molar refractivity (Wildman–Crippen MR) is 93.7 cm³/mol. The summed E-state index contributed by atoms with van der Waals surface area (Å²) in [5.74, 6) is -0.420. The highest BCUT2D eigenvalue weighted by Crippen LogP contribution is 2.31. The molecule has 120 valence electrons. The van der Waals surface area contributed by atoms with Gasteiger partial charge in [-0.05, 0) is 42.5 Å². The molecule has 0 amide bonds. The Morgan fingerprint density at radius 1 is 1.22 bits per heavy atom. The van der Waals surface area contributed by atoms with Crippen molar-refractivity contribution < 1.29 is 12.8 Å². The number of thiazole rings is 1. The Morgan fingerprint density at radius 2 is 1.96 bits per heavy atom. The van der Waals surface area contributed by atoms with Crippen molar-refractivity contribution in [2.45, 2.75) is 4.34 Å². The van der Waals surface area contributed by atoms with Crippen LogP contribution in [0, 0.1) is 5.82 Å². The lowest BCUT2D eigenvalue weighted by molar-refractivity contribution is 0.605. The van der Waals surface area contributed by atoms with E-state index in [2.05, 4.69) is 9.71 Å². The number of hydrogen-bond donors (Lipinski definition) is 2. The minimum absolute atomic E-state index is 0.181. The van der Waals surface area contributed by atoms with Crippen LogP contribution in [0.2, 0.25) is 0 Å². The summed E-state index contributed by atoms with van der Waals surface area (Å²) in [5, 5.41) is -0.181. The summed E-state index contributed by atoms with van der Waals surface area (Å²) in [5.41, 5.74) is 7.47. The van der Waals surface area contributed by atoms with E-state index in [9.17, 15) is 12.8 Å². The van der Waals surface area contributed by atoms with Gasteiger partial charge in [0.2, 0.25) is 10.0 Å². The van der Waals surface area contributed by atoms with E-state index in [0.29, 0.717) is 15.7 Å². The SMILES string of the molecule is Nc1ccc2nc(SCS(=O)(=O)Nc3ccc(F)cc3)sc2c1. The molecule has 0 fully saturated rings. The van der Waals surface area contributed by atoms with E-state index in [4.69, 9.17) is 5.73 Å². The summed E-state index contributed by atoms with van der Waals surface area (Å²) >= 11 is 2.51. The Bertz CT molecular complexity index is 940. The second-order valence-electron chi connectivity index (χ2n) is 4.69. The van der Waals surface area contributed by atoms with E-state index in [1.54, 1.807) is 12.1 Å². The number of halogens is 1. The van der Waals surface area contributed by atoms with Gasteiger partial charge in [0.05, 0.1) is 10.2 Å². The quantitative estimate of drug-likeness (QED) is 0.531. The Morgan fingerprint density at radius 3 is 2.70 bits per heavy atom. The van der Waals surface area contributed by atoms with Crippen LogP contribution in [-0.2, 0) is 10.0 Å². The first-order valence-electron chi connectivity index (χ1n) is 6.46. The van der Waals surface area contributed by atoms with Crippen LogP contribution in [0.4, 0.5) is 15.8 Å². The van der Waals surface area contributed by atoms with Gasteiger partial charge in [-0.2, -0.15) is 0 Å². The number of aromatic nitrogens is 1. The molecular weight excluding hydrogens is 357 g/mol. The van der Waals surface area contributed by atoms with E-state index in [-0.39, 0.29) is 5.08 Å². The summed E-state index contributed by atoms with van der Waals surface area (Å²) in [6.45, 7) is 0. The topological polar surface area (TPSA) is 85.1 Å². The molecule has 0 aliphatic heterocycles. The minimum Gasteiger partial charge on any atom is -0.399 e. The van der Waals surface area contributed by atoms with E-state index >= 15 is 0 Å². The number of hydrogen-bond acceptors (Lipinski definition) is 6. The first-order chi connectivity index (χ1) is 10.9. The molecule has 0 spiro atoms. The number of anilines is 2. The van der Waals surface area contributed by atoms with Crippen LogP contribution in [-0.4, -0.2) is 18.5 Å². The third-order valence-electron chi connectivity index (χ3n) is 2.85. The molecule has 0 radical (unpaired) electrons. The van der Waals surface area contributed by atoms with E-state index in [0.717, 1.165) is 22.0 Å². The fourth-order valence-corrected chi connectivity index (χ4v) is 5.44. The highest BCUT2D eigenvalue weighted by molar-refractivity contribution is 8.13. The van der Waals surface area contributed by atoms with Gasteiger partial charge in [-0.25, -0.2) is 17.8 Å². The fraction of sp³-hybridized carbons (Fsp3) is 0.0714. The molecule has 2 aromatic carbocycles. The second kappa shape index (κ2) is 6.34. The zero-order valence-corrected chi connectivity index (χ0v) is 14.1. The number of nitrogens with one attached hydrogen (secondary N) is 1. The van der Waals surface area contributed by atoms with E-state index < -0.39 is 15.8 Å².